The Hall–Kier alpha value is -1.95. The van der Waals surface area contributed by atoms with Gasteiger partial charge in [-0.25, -0.2) is 0 Å². The average molecular weight is 574 g/mol. The molecule has 0 fully saturated rings. The molecule has 236 valence electrons. The van der Waals surface area contributed by atoms with E-state index >= 15 is 0 Å². The molecule has 0 spiro atoms. The maximum absolute atomic E-state index is 12.2. The average Bonchev–Trinajstić information content (AvgIpc) is 2.95. The third kappa shape index (κ3) is 29.3. The third-order valence-corrected chi connectivity index (χ3v) is 7.01. The van der Waals surface area contributed by atoms with Crippen LogP contribution in [0.15, 0.2) is 60.8 Å². The number of hydrogen-bond donors (Lipinski definition) is 4. The van der Waals surface area contributed by atoms with Gasteiger partial charge in [0.1, 0.15) is 0 Å². The van der Waals surface area contributed by atoms with Crippen molar-refractivity contribution in [3.8, 4) is 0 Å². The highest BCUT2D eigenvalue weighted by atomic mass is 16.3. The van der Waals surface area contributed by atoms with Gasteiger partial charge < -0.3 is 20.6 Å². The van der Waals surface area contributed by atoms with E-state index in [1.807, 2.05) is 13.0 Å². The highest BCUT2D eigenvalue weighted by molar-refractivity contribution is 5.76. The Morgan fingerprint density at radius 3 is 1.68 bits per heavy atom. The van der Waals surface area contributed by atoms with E-state index in [1.165, 1.54) is 51.4 Å². The summed E-state index contributed by atoms with van der Waals surface area (Å²) in [6.07, 6.45) is 40.0. The molecular weight excluding hydrogens is 510 g/mol. The van der Waals surface area contributed by atoms with Crippen molar-refractivity contribution in [1.29, 1.82) is 0 Å². The van der Waals surface area contributed by atoms with Crippen LogP contribution in [0.5, 0.6) is 0 Å². The molecule has 0 rings (SSSR count). The zero-order chi connectivity index (χ0) is 30.2. The molecule has 5 heteroatoms. The lowest BCUT2D eigenvalue weighted by molar-refractivity contribution is -0.122. The zero-order valence-electron chi connectivity index (χ0n) is 26.4. The molecule has 0 aromatic heterocycles. The predicted molar refractivity (Wildman–Crippen MR) is 176 cm³/mol. The van der Waals surface area contributed by atoms with Crippen LogP contribution in [0, 0.1) is 0 Å². The third-order valence-electron chi connectivity index (χ3n) is 7.01. The van der Waals surface area contributed by atoms with Crippen LogP contribution in [0.4, 0.5) is 0 Å². The van der Waals surface area contributed by atoms with Gasteiger partial charge in [0.05, 0.1) is 24.9 Å². The molecule has 0 heterocycles. The number of unbranched alkanes of at least 4 members (excludes halogenated alkanes) is 11. The number of amides is 1. The van der Waals surface area contributed by atoms with Gasteiger partial charge in [-0.2, -0.15) is 0 Å². The van der Waals surface area contributed by atoms with Crippen molar-refractivity contribution in [3.63, 3.8) is 0 Å². The number of carbonyl (C=O) groups excluding carboxylic acids is 1. The summed E-state index contributed by atoms with van der Waals surface area (Å²) in [5, 5.41) is 31.9. The van der Waals surface area contributed by atoms with Crippen molar-refractivity contribution in [3.05, 3.63) is 60.8 Å². The number of allylic oxidation sites excluding steroid dienone is 9. The molecule has 5 nitrogen and oxygen atoms in total. The Labute approximate surface area is 252 Å². The topological polar surface area (TPSA) is 89.8 Å². The molecular formula is C36H63NO4. The van der Waals surface area contributed by atoms with Crippen LogP contribution < -0.4 is 5.32 Å². The van der Waals surface area contributed by atoms with Gasteiger partial charge in [-0.1, -0.05) is 119 Å². The van der Waals surface area contributed by atoms with Crippen molar-refractivity contribution in [2.75, 3.05) is 6.61 Å². The first-order valence-electron chi connectivity index (χ1n) is 16.5. The molecule has 0 saturated carbocycles. The van der Waals surface area contributed by atoms with E-state index in [1.54, 1.807) is 6.08 Å². The minimum atomic E-state index is -0.869. The van der Waals surface area contributed by atoms with Crippen LogP contribution >= 0.6 is 0 Å². The molecule has 0 aliphatic carbocycles. The number of nitrogens with one attached hydrogen (secondary N) is 1. The summed E-state index contributed by atoms with van der Waals surface area (Å²) in [6.45, 7) is 3.80. The Bertz CT molecular complexity index is 723. The SMILES string of the molecule is CCCCCCCCCCC/C=C/[C@@H](O)[C@H](CO)NC(=O)CCC/C=C\C/C=C\C/C=C\C/C=C\CCC[C@H](C)O. The Morgan fingerprint density at radius 2 is 1.15 bits per heavy atom. The number of aliphatic hydroxyl groups excluding tert-OH is 3. The van der Waals surface area contributed by atoms with Crippen LogP contribution in [0.3, 0.4) is 0 Å². The smallest absolute Gasteiger partial charge is 0.220 e. The summed E-state index contributed by atoms with van der Waals surface area (Å²) in [5.74, 6) is -0.134. The van der Waals surface area contributed by atoms with E-state index in [-0.39, 0.29) is 18.6 Å². The molecule has 0 bridgehead atoms. The molecule has 0 unspecified atom stereocenters. The summed E-state index contributed by atoms with van der Waals surface area (Å²) in [4.78, 5) is 12.2. The number of hydrogen-bond acceptors (Lipinski definition) is 4. The molecule has 0 aromatic rings. The molecule has 4 N–H and O–H groups in total. The van der Waals surface area contributed by atoms with Gasteiger partial charge >= 0.3 is 0 Å². The van der Waals surface area contributed by atoms with E-state index < -0.39 is 12.1 Å². The van der Waals surface area contributed by atoms with Gasteiger partial charge in [0.2, 0.25) is 5.91 Å². The van der Waals surface area contributed by atoms with E-state index in [0.717, 1.165) is 64.2 Å². The second-order valence-corrected chi connectivity index (χ2v) is 11.2. The van der Waals surface area contributed by atoms with Gasteiger partial charge in [0.25, 0.3) is 0 Å². The van der Waals surface area contributed by atoms with Gasteiger partial charge in [0, 0.05) is 6.42 Å². The van der Waals surface area contributed by atoms with Crippen LogP contribution in [-0.2, 0) is 4.79 Å². The largest absolute Gasteiger partial charge is 0.394 e. The van der Waals surface area contributed by atoms with Crippen LogP contribution in [0.25, 0.3) is 0 Å². The Balaban J connectivity index is 3.82. The number of carbonyl (C=O) groups is 1. The normalized spacial score (nSPS) is 14.8. The summed E-state index contributed by atoms with van der Waals surface area (Å²) >= 11 is 0. The lowest BCUT2D eigenvalue weighted by Crippen LogP contribution is -2.45. The minimum Gasteiger partial charge on any atom is -0.394 e. The van der Waals surface area contributed by atoms with Gasteiger partial charge in [-0.05, 0) is 71.1 Å². The monoisotopic (exact) mass is 573 g/mol. The first-order chi connectivity index (χ1) is 20.0. The molecule has 0 aliphatic rings. The number of aliphatic hydroxyl groups is 3. The fourth-order valence-corrected chi connectivity index (χ4v) is 4.42. The van der Waals surface area contributed by atoms with E-state index in [9.17, 15) is 20.1 Å². The molecule has 0 aromatic carbocycles. The summed E-state index contributed by atoms with van der Waals surface area (Å²) in [5.41, 5.74) is 0. The minimum absolute atomic E-state index is 0.134. The van der Waals surface area contributed by atoms with Crippen molar-refractivity contribution < 1.29 is 20.1 Å². The number of rotatable bonds is 28. The van der Waals surface area contributed by atoms with Crippen molar-refractivity contribution in [2.45, 2.75) is 154 Å². The summed E-state index contributed by atoms with van der Waals surface area (Å²) in [6, 6.07) is -0.659. The van der Waals surface area contributed by atoms with E-state index in [4.69, 9.17) is 0 Å². The van der Waals surface area contributed by atoms with E-state index in [0.29, 0.717) is 6.42 Å². The first-order valence-corrected chi connectivity index (χ1v) is 16.5. The maximum Gasteiger partial charge on any atom is 0.220 e. The molecule has 0 radical (unpaired) electrons. The highest BCUT2D eigenvalue weighted by Gasteiger charge is 2.17. The molecule has 3 atom stereocenters. The molecule has 0 aliphatic heterocycles. The standard InChI is InChI=1S/C36H63NO4/c1-3-4-5-6-7-8-14-18-21-24-27-30-35(40)34(32-38)37-36(41)31-28-25-22-19-16-13-11-9-10-12-15-17-20-23-26-29-33(2)39/h10-13,17,19-20,22,27,30,33-35,38-40H,3-9,14-16,18,21,23-26,28-29,31-32H2,1-2H3,(H,37,41)/b12-10-,13-11-,20-17-,22-19-,30-27+/t33-,34-,35+/m0/s1. The Kier molecular flexibility index (Phi) is 29.5. The maximum atomic E-state index is 12.2. The second-order valence-electron chi connectivity index (χ2n) is 11.2. The van der Waals surface area contributed by atoms with Gasteiger partial charge in [-0.3, -0.25) is 4.79 Å². The van der Waals surface area contributed by atoms with Crippen LogP contribution in [0.1, 0.15) is 136 Å². The fourth-order valence-electron chi connectivity index (χ4n) is 4.42. The van der Waals surface area contributed by atoms with Crippen molar-refractivity contribution in [1.82, 2.24) is 5.32 Å². The molecule has 1 amide bonds. The summed E-state index contributed by atoms with van der Waals surface area (Å²) < 4.78 is 0. The van der Waals surface area contributed by atoms with Crippen LogP contribution in [-0.4, -0.2) is 46.1 Å². The van der Waals surface area contributed by atoms with Gasteiger partial charge in [-0.15, -0.1) is 0 Å². The zero-order valence-corrected chi connectivity index (χ0v) is 26.4. The van der Waals surface area contributed by atoms with Gasteiger partial charge in [0.15, 0.2) is 0 Å². The first kappa shape index (κ1) is 39.0. The van der Waals surface area contributed by atoms with Crippen molar-refractivity contribution in [2.24, 2.45) is 0 Å². The fraction of sp³-hybridized carbons (Fsp3) is 0.694. The van der Waals surface area contributed by atoms with E-state index in [2.05, 4.69) is 60.8 Å². The summed E-state index contributed by atoms with van der Waals surface area (Å²) in [7, 11) is 0. The van der Waals surface area contributed by atoms with Crippen molar-refractivity contribution >= 4 is 5.91 Å². The lowest BCUT2D eigenvalue weighted by atomic mass is 10.1. The quantitative estimate of drug-likeness (QED) is 0.0559. The highest BCUT2D eigenvalue weighted by Crippen LogP contribution is 2.11. The predicted octanol–water partition coefficient (Wildman–Crippen LogP) is 8.42. The Morgan fingerprint density at radius 1 is 0.659 bits per heavy atom. The van der Waals surface area contributed by atoms with Crippen LogP contribution in [0.2, 0.25) is 0 Å². The molecule has 41 heavy (non-hydrogen) atoms. The second kappa shape index (κ2) is 31.0. The molecule has 0 saturated heterocycles. The lowest BCUT2D eigenvalue weighted by Gasteiger charge is -2.19.